The molecule has 1 saturated heterocycles. The Balaban J connectivity index is 1.71. The molecule has 2 heterocycles. The van der Waals surface area contributed by atoms with Crippen molar-refractivity contribution in [1.82, 2.24) is 15.2 Å². The Labute approximate surface area is 124 Å². The van der Waals surface area contributed by atoms with Crippen LogP contribution < -0.4 is 10.2 Å². The summed E-state index contributed by atoms with van der Waals surface area (Å²) >= 11 is 5.92. The zero-order chi connectivity index (χ0) is 14.4. The predicted molar refractivity (Wildman–Crippen MR) is 81.2 cm³/mol. The lowest BCUT2D eigenvalue weighted by molar-refractivity contribution is -0.118. The molecular weight excluding hydrogens is 276 g/mol. The van der Waals surface area contributed by atoms with Gasteiger partial charge in [-0.15, -0.1) is 0 Å². The van der Waals surface area contributed by atoms with Crippen LogP contribution in [0.4, 0.5) is 5.82 Å². The molecule has 1 aromatic rings. The second-order valence-corrected chi connectivity index (χ2v) is 5.37. The summed E-state index contributed by atoms with van der Waals surface area (Å²) in [5.41, 5.74) is 0. The fourth-order valence-electron chi connectivity index (χ4n) is 2.34. The number of nitrogens with zero attached hydrogens (tertiary/aromatic N) is 3. The standard InChI is InChI=1S/C14H21ClN4O/c1-12(20)16-6-3-7-18-8-10-19(11-9-18)14-5-2-4-13(15)17-14/h2,4-5H,3,6-11H2,1H3,(H,16,20). The molecule has 110 valence electrons. The lowest BCUT2D eigenvalue weighted by Gasteiger charge is -2.35. The Bertz CT molecular complexity index is 447. The lowest BCUT2D eigenvalue weighted by Crippen LogP contribution is -2.47. The molecule has 20 heavy (non-hydrogen) atoms. The highest BCUT2D eigenvalue weighted by Gasteiger charge is 2.17. The number of piperazine rings is 1. The highest BCUT2D eigenvalue weighted by molar-refractivity contribution is 6.29. The van der Waals surface area contributed by atoms with Crippen molar-refractivity contribution >= 4 is 23.3 Å². The average Bonchev–Trinajstić information content (AvgIpc) is 2.44. The maximum absolute atomic E-state index is 10.8. The van der Waals surface area contributed by atoms with Crippen LogP contribution in [0.3, 0.4) is 0 Å². The van der Waals surface area contributed by atoms with Gasteiger partial charge in [-0.25, -0.2) is 4.98 Å². The zero-order valence-corrected chi connectivity index (χ0v) is 12.6. The van der Waals surface area contributed by atoms with Gasteiger partial charge in [0.05, 0.1) is 0 Å². The van der Waals surface area contributed by atoms with Gasteiger partial charge in [0, 0.05) is 39.6 Å². The van der Waals surface area contributed by atoms with E-state index in [4.69, 9.17) is 11.6 Å². The number of aromatic nitrogens is 1. The Morgan fingerprint density at radius 2 is 2.10 bits per heavy atom. The molecule has 0 atom stereocenters. The van der Waals surface area contributed by atoms with Gasteiger partial charge < -0.3 is 10.2 Å². The maximum Gasteiger partial charge on any atom is 0.216 e. The van der Waals surface area contributed by atoms with E-state index in [1.54, 1.807) is 13.0 Å². The second kappa shape index (κ2) is 7.45. The molecule has 1 amide bonds. The van der Waals surface area contributed by atoms with Crippen molar-refractivity contribution in [2.45, 2.75) is 13.3 Å². The number of hydrogen-bond acceptors (Lipinski definition) is 4. The van der Waals surface area contributed by atoms with Crippen LogP contribution in [0, 0.1) is 0 Å². The number of anilines is 1. The van der Waals surface area contributed by atoms with Crippen molar-refractivity contribution in [3.05, 3.63) is 23.4 Å². The number of nitrogens with one attached hydrogen (secondary N) is 1. The van der Waals surface area contributed by atoms with Gasteiger partial charge in [-0.3, -0.25) is 9.69 Å². The highest BCUT2D eigenvalue weighted by atomic mass is 35.5. The first-order chi connectivity index (χ1) is 9.65. The van der Waals surface area contributed by atoms with Crippen LogP contribution in [0.1, 0.15) is 13.3 Å². The van der Waals surface area contributed by atoms with E-state index in [9.17, 15) is 4.79 Å². The number of rotatable bonds is 5. The number of halogens is 1. The Morgan fingerprint density at radius 1 is 1.35 bits per heavy atom. The van der Waals surface area contributed by atoms with Gasteiger partial charge >= 0.3 is 0 Å². The molecule has 1 aromatic heterocycles. The fraction of sp³-hybridized carbons (Fsp3) is 0.571. The Morgan fingerprint density at radius 3 is 2.75 bits per heavy atom. The first-order valence-electron chi connectivity index (χ1n) is 6.99. The third kappa shape index (κ3) is 4.65. The number of pyridine rings is 1. The van der Waals surface area contributed by atoms with Gasteiger partial charge in [0.2, 0.25) is 5.91 Å². The summed E-state index contributed by atoms with van der Waals surface area (Å²) in [5, 5.41) is 3.37. The first kappa shape index (κ1) is 15.1. The van der Waals surface area contributed by atoms with E-state index in [-0.39, 0.29) is 5.91 Å². The van der Waals surface area contributed by atoms with E-state index in [0.717, 1.165) is 51.5 Å². The summed E-state index contributed by atoms with van der Waals surface area (Å²) in [6.07, 6.45) is 0.995. The average molecular weight is 297 g/mol. The zero-order valence-electron chi connectivity index (χ0n) is 11.8. The van der Waals surface area contributed by atoms with Crippen molar-refractivity contribution in [3.8, 4) is 0 Å². The minimum Gasteiger partial charge on any atom is -0.356 e. The molecule has 1 N–H and O–H groups in total. The van der Waals surface area contributed by atoms with E-state index in [2.05, 4.69) is 20.1 Å². The maximum atomic E-state index is 10.8. The van der Waals surface area contributed by atoms with Crippen molar-refractivity contribution in [2.75, 3.05) is 44.2 Å². The number of amides is 1. The summed E-state index contributed by atoms with van der Waals surface area (Å²) < 4.78 is 0. The van der Waals surface area contributed by atoms with Gasteiger partial charge in [-0.1, -0.05) is 17.7 Å². The van der Waals surface area contributed by atoms with Crippen molar-refractivity contribution < 1.29 is 4.79 Å². The molecule has 0 spiro atoms. The van der Waals surface area contributed by atoms with E-state index in [1.165, 1.54) is 0 Å². The SMILES string of the molecule is CC(=O)NCCCN1CCN(c2cccc(Cl)n2)CC1. The molecule has 0 bridgehead atoms. The van der Waals surface area contributed by atoms with E-state index < -0.39 is 0 Å². The minimum absolute atomic E-state index is 0.0434. The number of carbonyl (C=O) groups excluding carboxylic acids is 1. The molecule has 5 nitrogen and oxygen atoms in total. The highest BCUT2D eigenvalue weighted by Crippen LogP contribution is 2.16. The van der Waals surface area contributed by atoms with Gasteiger partial charge in [0.1, 0.15) is 11.0 Å². The fourth-order valence-corrected chi connectivity index (χ4v) is 2.50. The number of carbonyl (C=O) groups is 1. The monoisotopic (exact) mass is 296 g/mol. The summed E-state index contributed by atoms with van der Waals surface area (Å²) in [7, 11) is 0. The molecule has 0 unspecified atom stereocenters. The van der Waals surface area contributed by atoms with Gasteiger partial charge in [-0.05, 0) is 25.1 Å². The van der Waals surface area contributed by atoms with Crippen LogP contribution in [-0.4, -0.2) is 55.1 Å². The van der Waals surface area contributed by atoms with Crippen LogP contribution in [0.2, 0.25) is 5.15 Å². The molecule has 6 heteroatoms. The molecule has 1 aliphatic rings. The second-order valence-electron chi connectivity index (χ2n) is 4.98. The summed E-state index contributed by atoms with van der Waals surface area (Å²) in [4.78, 5) is 19.8. The van der Waals surface area contributed by atoms with Gasteiger partial charge in [-0.2, -0.15) is 0 Å². The number of hydrogen-bond donors (Lipinski definition) is 1. The predicted octanol–water partition coefficient (Wildman–Crippen LogP) is 1.38. The van der Waals surface area contributed by atoms with Gasteiger partial charge in [0.15, 0.2) is 0 Å². The van der Waals surface area contributed by atoms with Crippen molar-refractivity contribution in [3.63, 3.8) is 0 Å². The largest absolute Gasteiger partial charge is 0.356 e. The van der Waals surface area contributed by atoms with E-state index in [0.29, 0.717) is 5.15 Å². The molecule has 2 rings (SSSR count). The topological polar surface area (TPSA) is 48.5 Å². The first-order valence-corrected chi connectivity index (χ1v) is 7.37. The Kier molecular flexibility index (Phi) is 5.61. The van der Waals surface area contributed by atoms with Crippen LogP contribution in [0.15, 0.2) is 18.2 Å². The molecule has 0 saturated carbocycles. The smallest absolute Gasteiger partial charge is 0.216 e. The van der Waals surface area contributed by atoms with Crippen LogP contribution in [-0.2, 0) is 4.79 Å². The van der Waals surface area contributed by atoms with Crippen LogP contribution in [0.5, 0.6) is 0 Å². The molecular formula is C14H21ClN4O. The molecule has 0 radical (unpaired) electrons. The minimum atomic E-state index is 0.0434. The van der Waals surface area contributed by atoms with Crippen LogP contribution >= 0.6 is 11.6 Å². The quantitative estimate of drug-likeness (QED) is 0.659. The normalized spacial score (nSPS) is 16.2. The summed E-state index contributed by atoms with van der Waals surface area (Å²) in [5.74, 6) is 0.997. The Hall–Kier alpha value is -1.33. The lowest BCUT2D eigenvalue weighted by atomic mass is 10.2. The van der Waals surface area contributed by atoms with Crippen molar-refractivity contribution in [1.29, 1.82) is 0 Å². The van der Waals surface area contributed by atoms with Crippen LogP contribution in [0.25, 0.3) is 0 Å². The van der Waals surface area contributed by atoms with Crippen molar-refractivity contribution in [2.24, 2.45) is 0 Å². The summed E-state index contributed by atoms with van der Waals surface area (Å²) in [6.45, 7) is 7.31. The van der Waals surface area contributed by atoms with Gasteiger partial charge in [0.25, 0.3) is 0 Å². The molecule has 0 aromatic carbocycles. The molecule has 1 fully saturated rings. The summed E-state index contributed by atoms with van der Waals surface area (Å²) in [6, 6.07) is 5.73. The van der Waals surface area contributed by atoms with E-state index >= 15 is 0 Å². The molecule has 1 aliphatic heterocycles. The third-order valence-corrected chi connectivity index (χ3v) is 3.63. The van der Waals surface area contributed by atoms with E-state index in [1.807, 2.05) is 12.1 Å². The molecule has 0 aliphatic carbocycles. The third-order valence-electron chi connectivity index (χ3n) is 3.42.